The van der Waals surface area contributed by atoms with Crippen LogP contribution < -0.4 is 0 Å². The molecule has 0 amide bonds. The average Bonchev–Trinajstić information content (AvgIpc) is 2.20. The summed E-state index contributed by atoms with van der Waals surface area (Å²) in [5, 5.41) is 0. The molecule has 0 heterocycles. The summed E-state index contributed by atoms with van der Waals surface area (Å²) in [6.07, 6.45) is 5.26. The summed E-state index contributed by atoms with van der Waals surface area (Å²) >= 11 is 0. The standard InChI is InChI=1S/C12H19OP/c1-2-3-7-10-14(13)11-12-8-5-4-6-9-12/h4-6,8-9,14H,2-3,7,10-11H2,1H3. The second-order valence-corrected chi connectivity index (χ2v) is 5.59. The molecule has 78 valence electrons. The van der Waals surface area contributed by atoms with Crippen LogP contribution in [0.1, 0.15) is 31.7 Å². The molecule has 0 saturated heterocycles. The van der Waals surface area contributed by atoms with E-state index in [1.54, 1.807) is 0 Å². The summed E-state index contributed by atoms with van der Waals surface area (Å²) in [6.45, 7) is 2.18. The number of unbranched alkanes of at least 4 members (excludes halogenated alkanes) is 2. The third-order valence-corrected chi connectivity index (χ3v) is 4.02. The highest BCUT2D eigenvalue weighted by Gasteiger charge is 2.00. The summed E-state index contributed by atoms with van der Waals surface area (Å²) in [5.74, 6) is 0. The smallest absolute Gasteiger partial charge is 0.0804 e. The molecule has 2 heteroatoms. The van der Waals surface area contributed by atoms with Gasteiger partial charge in [0.05, 0.1) is 7.80 Å². The van der Waals surface area contributed by atoms with E-state index >= 15 is 0 Å². The number of hydrogen-bond acceptors (Lipinski definition) is 1. The highest BCUT2D eigenvalue weighted by molar-refractivity contribution is 7.43. The molecule has 0 aliphatic heterocycles. The van der Waals surface area contributed by atoms with Crippen molar-refractivity contribution < 1.29 is 4.57 Å². The molecule has 0 saturated carbocycles. The fourth-order valence-electron chi connectivity index (χ4n) is 1.48. The molecule has 0 N–H and O–H groups in total. The van der Waals surface area contributed by atoms with E-state index in [9.17, 15) is 4.57 Å². The maximum atomic E-state index is 11.7. The van der Waals surface area contributed by atoms with Gasteiger partial charge in [-0.3, -0.25) is 0 Å². The van der Waals surface area contributed by atoms with Crippen LogP contribution in [-0.2, 0) is 10.7 Å². The summed E-state index contributed by atoms with van der Waals surface area (Å²) in [4.78, 5) is 0. The normalized spacial score (nSPS) is 12.6. The minimum atomic E-state index is -1.36. The summed E-state index contributed by atoms with van der Waals surface area (Å²) < 4.78 is 11.7. The van der Waals surface area contributed by atoms with E-state index < -0.39 is 7.80 Å². The van der Waals surface area contributed by atoms with E-state index in [2.05, 4.69) is 19.1 Å². The predicted molar refractivity (Wildman–Crippen MR) is 63.5 cm³/mol. The first-order chi connectivity index (χ1) is 6.83. The number of rotatable bonds is 6. The first-order valence-electron chi connectivity index (χ1n) is 5.38. The lowest BCUT2D eigenvalue weighted by Crippen LogP contribution is -1.83. The molecule has 0 radical (unpaired) electrons. The molecule has 0 aliphatic carbocycles. The number of hydrogen-bond donors (Lipinski definition) is 0. The molecule has 1 unspecified atom stereocenters. The van der Waals surface area contributed by atoms with Crippen LogP contribution >= 0.6 is 7.80 Å². The van der Waals surface area contributed by atoms with Gasteiger partial charge in [0.25, 0.3) is 0 Å². The van der Waals surface area contributed by atoms with Crippen molar-refractivity contribution in [3.05, 3.63) is 35.9 Å². The Morgan fingerprint density at radius 2 is 1.86 bits per heavy atom. The maximum Gasteiger partial charge on any atom is 0.0804 e. The summed E-state index contributed by atoms with van der Waals surface area (Å²) in [6, 6.07) is 10.1. The lowest BCUT2D eigenvalue weighted by molar-refractivity contribution is 0.584. The molecular formula is C12H19OP. The van der Waals surface area contributed by atoms with E-state index in [1.165, 1.54) is 18.4 Å². The number of benzene rings is 1. The van der Waals surface area contributed by atoms with Crippen LogP contribution in [0.2, 0.25) is 0 Å². The minimum Gasteiger partial charge on any atom is -0.326 e. The topological polar surface area (TPSA) is 17.1 Å². The van der Waals surface area contributed by atoms with Crippen LogP contribution in [-0.4, -0.2) is 6.16 Å². The van der Waals surface area contributed by atoms with Crippen molar-refractivity contribution in [1.82, 2.24) is 0 Å². The van der Waals surface area contributed by atoms with E-state index in [1.807, 2.05) is 18.2 Å². The Morgan fingerprint density at radius 3 is 2.50 bits per heavy atom. The van der Waals surface area contributed by atoms with E-state index in [-0.39, 0.29) is 0 Å². The van der Waals surface area contributed by atoms with E-state index in [0.717, 1.165) is 18.7 Å². The zero-order valence-corrected chi connectivity index (χ0v) is 9.83. The average molecular weight is 210 g/mol. The second-order valence-electron chi connectivity index (χ2n) is 3.66. The summed E-state index contributed by atoms with van der Waals surface area (Å²) in [5.41, 5.74) is 1.22. The molecule has 0 aromatic heterocycles. The van der Waals surface area contributed by atoms with Crippen molar-refractivity contribution in [2.24, 2.45) is 0 Å². The first-order valence-corrected chi connectivity index (χ1v) is 7.21. The van der Waals surface area contributed by atoms with Crippen LogP contribution in [0.5, 0.6) is 0 Å². The largest absolute Gasteiger partial charge is 0.326 e. The molecule has 0 bridgehead atoms. The van der Waals surface area contributed by atoms with Crippen LogP contribution in [0.15, 0.2) is 30.3 Å². The Bertz CT molecular complexity index is 269. The first kappa shape index (κ1) is 11.5. The van der Waals surface area contributed by atoms with Crippen molar-refractivity contribution in [2.45, 2.75) is 32.3 Å². The Hall–Kier alpha value is -0.550. The zero-order chi connectivity index (χ0) is 10.2. The van der Waals surface area contributed by atoms with Gasteiger partial charge in [-0.2, -0.15) is 0 Å². The van der Waals surface area contributed by atoms with E-state index in [4.69, 9.17) is 0 Å². The maximum absolute atomic E-state index is 11.7. The Balaban J connectivity index is 2.27. The zero-order valence-electron chi connectivity index (χ0n) is 8.83. The molecule has 0 aliphatic rings. The highest BCUT2D eigenvalue weighted by atomic mass is 31.1. The van der Waals surface area contributed by atoms with Gasteiger partial charge in [-0.05, 0) is 18.1 Å². The second kappa shape index (κ2) is 6.84. The van der Waals surface area contributed by atoms with Crippen molar-refractivity contribution in [2.75, 3.05) is 6.16 Å². The fourth-order valence-corrected chi connectivity index (χ4v) is 3.00. The van der Waals surface area contributed by atoms with Gasteiger partial charge in [0.2, 0.25) is 0 Å². The predicted octanol–water partition coefficient (Wildman–Crippen LogP) is 3.94. The van der Waals surface area contributed by atoms with Gasteiger partial charge in [-0.15, -0.1) is 0 Å². The summed E-state index contributed by atoms with van der Waals surface area (Å²) in [7, 11) is -1.36. The van der Waals surface area contributed by atoms with Crippen LogP contribution in [0.4, 0.5) is 0 Å². The molecule has 1 rings (SSSR count). The van der Waals surface area contributed by atoms with Gasteiger partial charge >= 0.3 is 0 Å². The minimum absolute atomic E-state index is 0.787. The molecule has 1 aromatic carbocycles. The van der Waals surface area contributed by atoms with Crippen LogP contribution in [0.3, 0.4) is 0 Å². The van der Waals surface area contributed by atoms with Crippen molar-refractivity contribution in [3.63, 3.8) is 0 Å². The van der Waals surface area contributed by atoms with Gasteiger partial charge in [0.1, 0.15) is 0 Å². The highest BCUT2D eigenvalue weighted by Crippen LogP contribution is 2.27. The van der Waals surface area contributed by atoms with Gasteiger partial charge in [-0.1, -0.05) is 50.1 Å². The fraction of sp³-hybridized carbons (Fsp3) is 0.500. The van der Waals surface area contributed by atoms with Gasteiger partial charge < -0.3 is 4.57 Å². The van der Waals surface area contributed by atoms with E-state index in [0.29, 0.717) is 0 Å². The van der Waals surface area contributed by atoms with Crippen LogP contribution in [0.25, 0.3) is 0 Å². The molecule has 1 aromatic rings. The van der Waals surface area contributed by atoms with Crippen LogP contribution in [0, 0.1) is 0 Å². The molecule has 14 heavy (non-hydrogen) atoms. The molecule has 1 nitrogen and oxygen atoms in total. The molecule has 0 spiro atoms. The molecular weight excluding hydrogens is 191 g/mol. The monoisotopic (exact) mass is 210 g/mol. The lowest BCUT2D eigenvalue weighted by atomic mass is 10.2. The Labute approximate surface area is 87.3 Å². The van der Waals surface area contributed by atoms with Crippen molar-refractivity contribution >= 4 is 7.80 Å². The lowest BCUT2D eigenvalue weighted by Gasteiger charge is -2.01. The third kappa shape index (κ3) is 4.62. The third-order valence-electron chi connectivity index (χ3n) is 2.30. The van der Waals surface area contributed by atoms with Crippen molar-refractivity contribution in [1.29, 1.82) is 0 Å². The van der Waals surface area contributed by atoms with Gasteiger partial charge in [0, 0.05) is 6.16 Å². The SMILES string of the molecule is CCCCC[PH](=O)Cc1ccccc1. The van der Waals surface area contributed by atoms with Gasteiger partial charge in [0.15, 0.2) is 0 Å². The molecule has 0 fully saturated rings. The molecule has 1 atom stereocenters. The Morgan fingerprint density at radius 1 is 1.14 bits per heavy atom. The Kier molecular flexibility index (Phi) is 5.63. The van der Waals surface area contributed by atoms with Gasteiger partial charge in [-0.25, -0.2) is 0 Å². The van der Waals surface area contributed by atoms with Crippen molar-refractivity contribution in [3.8, 4) is 0 Å². The quantitative estimate of drug-likeness (QED) is 0.513.